The number of carbonyl (C=O) groups is 1. The van der Waals surface area contributed by atoms with E-state index in [0.29, 0.717) is 37.6 Å². The molecule has 0 aromatic heterocycles. The molecule has 0 unspecified atom stereocenters. The number of hydrogen-bond acceptors (Lipinski definition) is 3. The minimum Gasteiger partial charge on any atom is -0.381 e. The summed E-state index contributed by atoms with van der Waals surface area (Å²) in [5.74, 6) is 0.0786. The number of carbonyl (C=O) groups excluding carboxylic acids is 1. The van der Waals surface area contributed by atoms with Crippen molar-refractivity contribution in [3.05, 3.63) is 34.9 Å². The Morgan fingerprint density at radius 1 is 1.38 bits per heavy atom. The summed E-state index contributed by atoms with van der Waals surface area (Å²) < 4.78 is 5.45. The lowest BCUT2D eigenvalue weighted by Gasteiger charge is -2.36. The third kappa shape index (κ3) is 3.96. The zero-order chi connectivity index (χ0) is 15.3. The SMILES string of the molecule is CN(C)CCNC(=O)C1(c2cccc(Cl)c2)CCOCC1. The van der Waals surface area contributed by atoms with Crippen molar-refractivity contribution in [2.75, 3.05) is 40.4 Å². The van der Waals surface area contributed by atoms with Gasteiger partial charge in [-0.3, -0.25) is 4.79 Å². The molecule has 5 heteroatoms. The van der Waals surface area contributed by atoms with Crippen molar-refractivity contribution in [3.8, 4) is 0 Å². The maximum absolute atomic E-state index is 12.8. The number of rotatable bonds is 5. The summed E-state index contributed by atoms with van der Waals surface area (Å²) in [6, 6.07) is 7.63. The maximum Gasteiger partial charge on any atom is 0.230 e. The minimum absolute atomic E-state index is 0.0786. The van der Waals surface area contributed by atoms with Gasteiger partial charge in [0.15, 0.2) is 0 Å². The number of hydrogen-bond donors (Lipinski definition) is 1. The van der Waals surface area contributed by atoms with Crippen LogP contribution in [0.2, 0.25) is 5.02 Å². The molecule has 0 aliphatic carbocycles. The number of benzene rings is 1. The van der Waals surface area contributed by atoms with Crippen LogP contribution in [0.15, 0.2) is 24.3 Å². The Hall–Kier alpha value is -1.10. The molecule has 2 rings (SSSR count). The van der Waals surface area contributed by atoms with Crippen LogP contribution in [0, 0.1) is 0 Å². The van der Waals surface area contributed by atoms with Crippen LogP contribution in [0.3, 0.4) is 0 Å². The van der Waals surface area contributed by atoms with E-state index < -0.39 is 5.41 Å². The topological polar surface area (TPSA) is 41.6 Å². The summed E-state index contributed by atoms with van der Waals surface area (Å²) in [7, 11) is 3.99. The van der Waals surface area contributed by atoms with Crippen LogP contribution in [0.25, 0.3) is 0 Å². The van der Waals surface area contributed by atoms with Crippen LogP contribution in [-0.4, -0.2) is 51.2 Å². The Labute approximate surface area is 131 Å². The van der Waals surface area contributed by atoms with Crippen molar-refractivity contribution in [2.45, 2.75) is 18.3 Å². The number of nitrogens with one attached hydrogen (secondary N) is 1. The second-order valence-electron chi connectivity index (χ2n) is 5.76. The molecule has 1 aliphatic rings. The van der Waals surface area contributed by atoms with Crippen LogP contribution < -0.4 is 5.32 Å². The molecule has 0 spiro atoms. The maximum atomic E-state index is 12.8. The molecular formula is C16H23ClN2O2. The van der Waals surface area contributed by atoms with Crippen molar-refractivity contribution < 1.29 is 9.53 Å². The van der Waals surface area contributed by atoms with E-state index in [4.69, 9.17) is 16.3 Å². The first-order chi connectivity index (χ1) is 10.0. The Morgan fingerprint density at radius 3 is 2.71 bits per heavy atom. The predicted octanol–water partition coefficient (Wildman–Crippen LogP) is 2.07. The van der Waals surface area contributed by atoms with Crippen molar-refractivity contribution in [1.29, 1.82) is 0 Å². The fourth-order valence-electron chi connectivity index (χ4n) is 2.72. The molecule has 1 amide bonds. The molecule has 0 saturated carbocycles. The summed E-state index contributed by atoms with van der Waals surface area (Å²) in [6.45, 7) is 2.68. The predicted molar refractivity (Wildman–Crippen MR) is 84.7 cm³/mol. The molecule has 0 radical (unpaired) electrons. The van der Waals surface area contributed by atoms with Gasteiger partial charge in [0.2, 0.25) is 5.91 Å². The molecule has 1 aromatic carbocycles. The standard InChI is InChI=1S/C16H23ClN2O2/c1-19(2)9-8-18-15(20)16(6-10-21-11-7-16)13-4-3-5-14(17)12-13/h3-5,12H,6-11H2,1-2H3,(H,18,20). The first kappa shape index (κ1) is 16.3. The smallest absolute Gasteiger partial charge is 0.230 e. The normalized spacial score (nSPS) is 17.7. The number of ether oxygens (including phenoxy) is 1. The zero-order valence-electron chi connectivity index (χ0n) is 12.7. The van der Waals surface area contributed by atoms with Crippen molar-refractivity contribution in [1.82, 2.24) is 10.2 Å². The Bertz CT molecular complexity index is 485. The summed E-state index contributed by atoms with van der Waals surface area (Å²) in [6.07, 6.45) is 1.39. The number of likely N-dealkylation sites (N-methyl/N-ethyl adjacent to an activating group) is 1. The van der Waals surface area contributed by atoms with Gasteiger partial charge in [-0.1, -0.05) is 23.7 Å². The first-order valence-corrected chi connectivity index (χ1v) is 7.69. The lowest BCUT2D eigenvalue weighted by molar-refractivity contribution is -0.130. The van der Waals surface area contributed by atoms with Crippen LogP contribution in [-0.2, 0) is 14.9 Å². The summed E-state index contributed by atoms with van der Waals surface area (Å²) in [5, 5.41) is 3.73. The van der Waals surface area contributed by atoms with E-state index in [-0.39, 0.29) is 5.91 Å². The molecule has 21 heavy (non-hydrogen) atoms. The monoisotopic (exact) mass is 310 g/mol. The van der Waals surface area contributed by atoms with Gasteiger partial charge >= 0.3 is 0 Å². The van der Waals surface area contributed by atoms with Crippen LogP contribution in [0.5, 0.6) is 0 Å². The lowest BCUT2D eigenvalue weighted by atomic mass is 9.73. The summed E-state index contributed by atoms with van der Waals surface area (Å²) in [4.78, 5) is 14.8. The number of nitrogens with zero attached hydrogens (tertiary/aromatic N) is 1. The van der Waals surface area contributed by atoms with E-state index in [0.717, 1.165) is 12.1 Å². The molecule has 0 bridgehead atoms. The summed E-state index contributed by atoms with van der Waals surface area (Å²) in [5.41, 5.74) is 0.468. The number of halogens is 1. The van der Waals surface area contributed by atoms with Gasteiger partial charge in [0.1, 0.15) is 0 Å². The van der Waals surface area contributed by atoms with E-state index in [9.17, 15) is 4.79 Å². The number of amides is 1. The third-order valence-corrected chi connectivity index (χ3v) is 4.24. The fourth-order valence-corrected chi connectivity index (χ4v) is 2.91. The van der Waals surface area contributed by atoms with Gasteiger partial charge in [-0.25, -0.2) is 0 Å². The molecule has 1 aromatic rings. The van der Waals surface area contributed by atoms with Crippen molar-refractivity contribution in [2.24, 2.45) is 0 Å². The molecule has 4 nitrogen and oxygen atoms in total. The van der Waals surface area contributed by atoms with Crippen LogP contribution in [0.1, 0.15) is 18.4 Å². The second kappa shape index (κ2) is 7.25. The highest BCUT2D eigenvalue weighted by atomic mass is 35.5. The molecule has 116 valence electrons. The minimum atomic E-state index is -0.518. The van der Waals surface area contributed by atoms with Gasteiger partial charge in [0, 0.05) is 31.3 Å². The molecule has 0 atom stereocenters. The molecule has 1 heterocycles. The van der Waals surface area contributed by atoms with E-state index in [2.05, 4.69) is 10.2 Å². The fraction of sp³-hybridized carbons (Fsp3) is 0.562. The zero-order valence-corrected chi connectivity index (χ0v) is 13.4. The van der Waals surface area contributed by atoms with Crippen LogP contribution in [0.4, 0.5) is 0 Å². The molecule has 1 saturated heterocycles. The Balaban J connectivity index is 2.18. The highest BCUT2D eigenvalue weighted by molar-refractivity contribution is 6.30. The van der Waals surface area contributed by atoms with Gasteiger partial charge in [-0.05, 0) is 44.6 Å². The highest BCUT2D eigenvalue weighted by Gasteiger charge is 2.41. The van der Waals surface area contributed by atoms with E-state index in [1.54, 1.807) is 0 Å². The van der Waals surface area contributed by atoms with Gasteiger partial charge in [0.25, 0.3) is 0 Å². The largest absolute Gasteiger partial charge is 0.381 e. The quantitative estimate of drug-likeness (QED) is 0.905. The third-order valence-electron chi connectivity index (χ3n) is 4.00. The van der Waals surface area contributed by atoms with Crippen molar-refractivity contribution >= 4 is 17.5 Å². The lowest BCUT2D eigenvalue weighted by Crippen LogP contribution is -2.49. The van der Waals surface area contributed by atoms with Crippen molar-refractivity contribution in [3.63, 3.8) is 0 Å². The molecule has 1 aliphatic heterocycles. The average molecular weight is 311 g/mol. The molecule has 1 N–H and O–H groups in total. The molecular weight excluding hydrogens is 288 g/mol. The Kier molecular flexibility index (Phi) is 5.62. The van der Waals surface area contributed by atoms with Gasteiger partial charge in [-0.2, -0.15) is 0 Å². The highest BCUT2D eigenvalue weighted by Crippen LogP contribution is 2.36. The first-order valence-electron chi connectivity index (χ1n) is 7.31. The molecule has 1 fully saturated rings. The Morgan fingerprint density at radius 2 is 2.10 bits per heavy atom. The average Bonchev–Trinajstić information content (AvgIpc) is 2.47. The van der Waals surface area contributed by atoms with E-state index in [1.165, 1.54) is 0 Å². The van der Waals surface area contributed by atoms with Crippen LogP contribution >= 0.6 is 11.6 Å². The van der Waals surface area contributed by atoms with E-state index >= 15 is 0 Å². The van der Waals surface area contributed by atoms with Gasteiger partial charge < -0.3 is 15.0 Å². The summed E-state index contributed by atoms with van der Waals surface area (Å²) >= 11 is 6.11. The van der Waals surface area contributed by atoms with Gasteiger partial charge in [-0.15, -0.1) is 0 Å². The van der Waals surface area contributed by atoms with E-state index in [1.807, 2.05) is 38.4 Å². The van der Waals surface area contributed by atoms with Gasteiger partial charge in [0.05, 0.1) is 5.41 Å². The second-order valence-corrected chi connectivity index (χ2v) is 6.20.